The molecule has 10 heteroatoms. The third-order valence-corrected chi connectivity index (χ3v) is 7.62. The molecule has 0 amide bonds. The molecule has 6 rings (SSSR count). The highest BCUT2D eigenvalue weighted by molar-refractivity contribution is 7.63. The van der Waals surface area contributed by atoms with Crippen LogP contribution in [0.4, 0.5) is 21.8 Å². The van der Waals surface area contributed by atoms with E-state index in [2.05, 4.69) is 49.4 Å². The Morgan fingerprint density at radius 3 is 2.83 bits per heavy atom. The van der Waals surface area contributed by atoms with Gasteiger partial charge in [0.15, 0.2) is 18.8 Å². The molecule has 1 atom stereocenters. The number of likely N-dealkylation sites (N-methyl/N-ethyl adjacent to an activating group) is 1. The number of fused-ring (bicyclic) bond motifs is 1. The van der Waals surface area contributed by atoms with E-state index in [1.165, 1.54) is 41.9 Å². The van der Waals surface area contributed by atoms with Crippen molar-refractivity contribution in [2.24, 2.45) is 0 Å². The van der Waals surface area contributed by atoms with Gasteiger partial charge in [-0.15, -0.1) is 0 Å². The van der Waals surface area contributed by atoms with Gasteiger partial charge in [0.1, 0.15) is 11.6 Å². The molecular weight excluding hydrogens is 476 g/mol. The van der Waals surface area contributed by atoms with E-state index in [1.54, 1.807) is 36.1 Å². The first-order valence-corrected chi connectivity index (χ1v) is 14.8. The monoisotopic (exact) mass is 505 g/mol. The Hall–Kier alpha value is -3.29. The van der Waals surface area contributed by atoms with Crippen LogP contribution in [0.15, 0.2) is 42.7 Å². The SMILES string of the molecule is CN1Cc2cc(Nc3ncc4c(F)cn(-c5cccc(NP(C)(C)=O)n5)c4n3)cc3c2C(CCC3)C1. The van der Waals surface area contributed by atoms with Crippen LogP contribution >= 0.6 is 7.29 Å². The summed E-state index contributed by atoms with van der Waals surface area (Å²) in [5, 5.41) is 6.59. The van der Waals surface area contributed by atoms with Gasteiger partial charge in [0.25, 0.3) is 0 Å². The van der Waals surface area contributed by atoms with Crippen molar-refractivity contribution in [3.05, 3.63) is 65.2 Å². The lowest BCUT2D eigenvalue weighted by atomic mass is 9.77. The van der Waals surface area contributed by atoms with Crippen molar-refractivity contribution in [3.8, 4) is 5.82 Å². The molecule has 1 aliphatic heterocycles. The van der Waals surface area contributed by atoms with Crippen LogP contribution in [0.3, 0.4) is 0 Å². The van der Waals surface area contributed by atoms with Gasteiger partial charge in [0.05, 0.1) is 5.39 Å². The van der Waals surface area contributed by atoms with Crippen LogP contribution in [-0.2, 0) is 17.5 Å². The number of nitrogens with zero attached hydrogens (tertiary/aromatic N) is 5. The fourth-order valence-corrected chi connectivity index (χ4v) is 6.22. The maximum atomic E-state index is 14.8. The van der Waals surface area contributed by atoms with Gasteiger partial charge >= 0.3 is 0 Å². The smallest absolute Gasteiger partial charge is 0.229 e. The zero-order chi connectivity index (χ0) is 25.0. The molecular formula is C26H29FN7OP. The number of rotatable bonds is 5. The van der Waals surface area contributed by atoms with Crippen LogP contribution in [0.25, 0.3) is 16.9 Å². The van der Waals surface area contributed by atoms with Gasteiger partial charge in [-0.1, -0.05) is 6.07 Å². The number of anilines is 3. The van der Waals surface area contributed by atoms with Crippen LogP contribution in [-0.4, -0.2) is 51.3 Å². The minimum Gasteiger partial charge on any atom is -0.324 e. The molecule has 0 saturated carbocycles. The summed E-state index contributed by atoms with van der Waals surface area (Å²) in [6.07, 6.45) is 6.39. The first-order chi connectivity index (χ1) is 17.2. The molecule has 0 spiro atoms. The Morgan fingerprint density at radius 1 is 1.17 bits per heavy atom. The minimum atomic E-state index is -2.54. The lowest BCUT2D eigenvalue weighted by Crippen LogP contribution is -2.33. The van der Waals surface area contributed by atoms with Crippen molar-refractivity contribution in [2.45, 2.75) is 31.7 Å². The van der Waals surface area contributed by atoms with Crippen molar-refractivity contribution < 1.29 is 8.96 Å². The van der Waals surface area contributed by atoms with E-state index < -0.39 is 13.1 Å². The number of benzene rings is 1. The van der Waals surface area contributed by atoms with Gasteiger partial charge in [-0.2, -0.15) is 4.98 Å². The number of hydrogen-bond acceptors (Lipinski definition) is 6. The molecule has 4 heterocycles. The normalized spacial score (nSPS) is 17.7. The Labute approximate surface area is 209 Å². The molecule has 4 aromatic rings. The quantitative estimate of drug-likeness (QED) is 0.346. The minimum absolute atomic E-state index is 0.308. The number of aromatic nitrogens is 4. The molecule has 0 radical (unpaired) electrons. The second kappa shape index (κ2) is 8.68. The van der Waals surface area contributed by atoms with Gasteiger partial charge in [-0.25, -0.2) is 14.4 Å². The van der Waals surface area contributed by atoms with Crippen molar-refractivity contribution in [1.82, 2.24) is 24.4 Å². The molecule has 1 aliphatic carbocycles. The number of halogens is 1. The van der Waals surface area contributed by atoms with Crippen LogP contribution in [0.2, 0.25) is 0 Å². The summed E-state index contributed by atoms with van der Waals surface area (Å²) in [5.74, 6) is 1.51. The molecule has 186 valence electrons. The maximum Gasteiger partial charge on any atom is 0.229 e. The lowest BCUT2D eigenvalue weighted by molar-refractivity contribution is 0.266. The van der Waals surface area contributed by atoms with E-state index in [0.29, 0.717) is 34.5 Å². The third-order valence-electron chi connectivity index (χ3n) is 6.85. The highest BCUT2D eigenvalue weighted by Crippen LogP contribution is 2.40. The molecule has 36 heavy (non-hydrogen) atoms. The van der Waals surface area contributed by atoms with E-state index in [0.717, 1.165) is 25.2 Å². The summed E-state index contributed by atoms with van der Waals surface area (Å²) in [4.78, 5) is 16.0. The fourth-order valence-electron chi connectivity index (χ4n) is 5.54. The molecule has 2 N–H and O–H groups in total. The maximum absolute atomic E-state index is 14.8. The Kier molecular flexibility index (Phi) is 5.57. The molecule has 2 aliphatic rings. The zero-order valence-electron chi connectivity index (χ0n) is 20.6. The average molecular weight is 506 g/mol. The summed E-state index contributed by atoms with van der Waals surface area (Å²) < 4.78 is 28.6. The molecule has 3 aromatic heterocycles. The zero-order valence-corrected chi connectivity index (χ0v) is 21.5. The summed E-state index contributed by atoms with van der Waals surface area (Å²) in [7, 11) is -0.366. The predicted octanol–water partition coefficient (Wildman–Crippen LogP) is 5.51. The third kappa shape index (κ3) is 4.38. The summed E-state index contributed by atoms with van der Waals surface area (Å²) >= 11 is 0. The second-order valence-electron chi connectivity index (χ2n) is 10.2. The van der Waals surface area contributed by atoms with E-state index in [1.807, 2.05) is 0 Å². The highest BCUT2D eigenvalue weighted by Gasteiger charge is 2.29. The van der Waals surface area contributed by atoms with Crippen molar-refractivity contribution in [2.75, 3.05) is 37.3 Å². The lowest BCUT2D eigenvalue weighted by Gasteiger charge is -2.37. The summed E-state index contributed by atoms with van der Waals surface area (Å²) in [5.41, 5.74) is 5.66. The highest BCUT2D eigenvalue weighted by atomic mass is 31.2. The van der Waals surface area contributed by atoms with Gasteiger partial charge in [0, 0.05) is 44.5 Å². The first-order valence-electron chi connectivity index (χ1n) is 12.2. The van der Waals surface area contributed by atoms with Crippen molar-refractivity contribution in [1.29, 1.82) is 0 Å². The standard InChI is InChI=1S/C26H29FN7OP/c1-33-13-17-7-4-6-16-10-19(11-18(14-33)24(16)17)29-26-28-12-20-21(27)15-34(25(20)31-26)23-9-5-8-22(30-23)32-36(2,3)35/h5,8-12,15,17H,4,6-7,13-14H2,1-3H3,(H,28,29,31)(H,30,32,35). The molecule has 0 fully saturated rings. The molecule has 8 nitrogen and oxygen atoms in total. The Morgan fingerprint density at radius 2 is 2.00 bits per heavy atom. The Bertz CT molecular complexity index is 1530. The molecule has 0 saturated heterocycles. The van der Waals surface area contributed by atoms with Gasteiger partial charge in [-0.3, -0.25) is 4.57 Å². The van der Waals surface area contributed by atoms with Gasteiger partial charge in [-0.05, 0) is 73.2 Å². The van der Waals surface area contributed by atoms with Crippen molar-refractivity contribution >= 4 is 35.8 Å². The molecule has 1 unspecified atom stereocenters. The second-order valence-corrected chi connectivity index (χ2v) is 13.2. The van der Waals surface area contributed by atoms with Crippen LogP contribution in [0.5, 0.6) is 0 Å². The van der Waals surface area contributed by atoms with E-state index in [9.17, 15) is 8.96 Å². The van der Waals surface area contributed by atoms with E-state index in [4.69, 9.17) is 0 Å². The predicted molar refractivity (Wildman–Crippen MR) is 141 cm³/mol. The van der Waals surface area contributed by atoms with Crippen molar-refractivity contribution in [3.63, 3.8) is 0 Å². The van der Waals surface area contributed by atoms with E-state index in [-0.39, 0.29) is 0 Å². The van der Waals surface area contributed by atoms with Gasteiger partial charge in [0.2, 0.25) is 5.95 Å². The summed E-state index contributed by atoms with van der Waals surface area (Å²) in [6, 6.07) is 9.69. The number of aryl methyl sites for hydroxylation is 1. The number of nitrogens with one attached hydrogen (secondary N) is 2. The molecule has 1 aromatic carbocycles. The van der Waals surface area contributed by atoms with E-state index >= 15 is 0 Å². The van der Waals surface area contributed by atoms with Crippen LogP contribution < -0.4 is 10.4 Å². The van der Waals surface area contributed by atoms with Gasteiger partial charge < -0.3 is 19.9 Å². The fraction of sp³-hybridized carbons (Fsp3) is 0.346. The number of pyridine rings is 1. The topological polar surface area (TPSA) is 88.0 Å². The largest absolute Gasteiger partial charge is 0.324 e. The average Bonchev–Trinajstić information content (AvgIpc) is 3.14. The number of hydrogen-bond donors (Lipinski definition) is 2. The molecule has 0 bridgehead atoms. The Balaban J connectivity index is 1.36. The summed E-state index contributed by atoms with van der Waals surface area (Å²) in [6.45, 7) is 5.31. The van der Waals surface area contributed by atoms with Crippen LogP contribution in [0.1, 0.15) is 35.4 Å². The van der Waals surface area contributed by atoms with Crippen LogP contribution in [0, 0.1) is 5.82 Å². The first kappa shape index (κ1) is 23.1.